The topological polar surface area (TPSA) is 29.1 Å². The van der Waals surface area contributed by atoms with Gasteiger partial charge in [-0.05, 0) is 37.5 Å². The van der Waals surface area contributed by atoms with Gasteiger partial charge in [-0.25, -0.2) is 0 Å². The molecule has 1 saturated carbocycles. The zero-order valence-corrected chi connectivity index (χ0v) is 10.6. The molecular formula is C14H16F3NO. The number of amides is 1. The number of carbonyl (C=O) groups excluding carboxylic acids is 1. The molecular weight excluding hydrogens is 255 g/mol. The van der Waals surface area contributed by atoms with Crippen LogP contribution in [0.4, 0.5) is 13.2 Å². The standard InChI is InChI=1S/C14H16F3NO/c1-9(18-13(19)10-4-2-5-10)11-6-3-7-12(8-11)14(15,16)17/h3,6-10H,2,4-5H2,1H3,(H,18,19). The smallest absolute Gasteiger partial charge is 0.349 e. The highest BCUT2D eigenvalue weighted by Gasteiger charge is 2.31. The van der Waals surface area contributed by atoms with Crippen molar-refractivity contribution in [3.63, 3.8) is 0 Å². The average Bonchev–Trinajstić information content (AvgIpc) is 2.25. The second-order valence-electron chi connectivity index (χ2n) is 4.98. The van der Waals surface area contributed by atoms with Crippen LogP contribution < -0.4 is 5.32 Å². The molecule has 0 bridgehead atoms. The molecule has 1 N–H and O–H groups in total. The third-order valence-electron chi connectivity index (χ3n) is 3.55. The first-order valence-corrected chi connectivity index (χ1v) is 6.35. The normalized spacial score (nSPS) is 17.7. The summed E-state index contributed by atoms with van der Waals surface area (Å²) in [5.74, 6) is -0.0237. The van der Waals surface area contributed by atoms with E-state index in [0.717, 1.165) is 31.4 Å². The molecule has 1 aliphatic carbocycles. The van der Waals surface area contributed by atoms with E-state index >= 15 is 0 Å². The van der Waals surface area contributed by atoms with Crippen LogP contribution in [0.3, 0.4) is 0 Å². The minimum absolute atomic E-state index is 0.0354. The zero-order chi connectivity index (χ0) is 14.0. The molecule has 0 aromatic heterocycles. The highest BCUT2D eigenvalue weighted by Crippen LogP contribution is 2.31. The van der Waals surface area contributed by atoms with Crippen molar-refractivity contribution < 1.29 is 18.0 Å². The van der Waals surface area contributed by atoms with E-state index in [1.807, 2.05) is 0 Å². The fourth-order valence-electron chi connectivity index (χ4n) is 2.07. The van der Waals surface area contributed by atoms with Crippen LogP contribution in [0.15, 0.2) is 24.3 Å². The summed E-state index contributed by atoms with van der Waals surface area (Å²) in [5, 5.41) is 2.77. The molecule has 1 atom stereocenters. The van der Waals surface area contributed by atoms with E-state index < -0.39 is 17.8 Å². The minimum Gasteiger partial charge on any atom is -0.349 e. The van der Waals surface area contributed by atoms with E-state index in [4.69, 9.17) is 0 Å². The SMILES string of the molecule is CC(NC(=O)C1CCC1)c1cccc(C(F)(F)F)c1. The molecule has 1 unspecified atom stereocenters. The van der Waals surface area contributed by atoms with Gasteiger partial charge in [-0.3, -0.25) is 4.79 Å². The Bertz CT molecular complexity index is 466. The number of hydrogen-bond acceptors (Lipinski definition) is 1. The van der Waals surface area contributed by atoms with E-state index in [0.29, 0.717) is 5.56 Å². The molecule has 0 heterocycles. The quantitative estimate of drug-likeness (QED) is 0.892. The van der Waals surface area contributed by atoms with Crippen LogP contribution in [0, 0.1) is 5.92 Å². The van der Waals surface area contributed by atoms with Crippen molar-refractivity contribution in [1.82, 2.24) is 5.32 Å². The highest BCUT2D eigenvalue weighted by atomic mass is 19.4. The molecule has 0 aliphatic heterocycles. The lowest BCUT2D eigenvalue weighted by molar-refractivity contribution is -0.137. The van der Waals surface area contributed by atoms with Gasteiger partial charge >= 0.3 is 6.18 Å². The number of benzene rings is 1. The lowest BCUT2D eigenvalue weighted by Gasteiger charge is -2.26. The van der Waals surface area contributed by atoms with Crippen LogP contribution in [-0.4, -0.2) is 5.91 Å². The van der Waals surface area contributed by atoms with Gasteiger partial charge in [0.05, 0.1) is 11.6 Å². The van der Waals surface area contributed by atoms with Gasteiger partial charge in [0.2, 0.25) is 5.91 Å². The monoisotopic (exact) mass is 271 g/mol. The summed E-state index contributed by atoms with van der Waals surface area (Å²) in [6.07, 6.45) is -1.55. The first-order chi connectivity index (χ1) is 8.88. The predicted octanol–water partition coefficient (Wildman–Crippen LogP) is 3.68. The van der Waals surface area contributed by atoms with Gasteiger partial charge in [0.15, 0.2) is 0 Å². The lowest BCUT2D eigenvalue weighted by atomic mass is 9.84. The molecule has 1 aromatic rings. The van der Waals surface area contributed by atoms with Crippen molar-refractivity contribution in [3.05, 3.63) is 35.4 Å². The van der Waals surface area contributed by atoms with Crippen molar-refractivity contribution in [3.8, 4) is 0 Å². The fourth-order valence-corrected chi connectivity index (χ4v) is 2.07. The van der Waals surface area contributed by atoms with Gasteiger partial charge in [0, 0.05) is 5.92 Å². The summed E-state index contributed by atoms with van der Waals surface area (Å²) in [5.41, 5.74) is -0.211. The van der Waals surface area contributed by atoms with Gasteiger partial charge in [0.1, 0.15) is 0 Å². The fraction of sp³-hybridized carbons (Fsp3) is 0.500. The molecule has 1 aliphatic rings. The van der Waals surface area contributed by atoms with Crippen LogP contribution in [0.5, 0.6) is 0 Å². The van der Waals surface area contributed by atoms with E-state index in [-0.39, 0.29) is 11.8 Å². The summed E-state index contributed by atoms with van der Waals surface area (Å²) in [6, 6.07) is 4.68. The van der Waals surface area contributed by atoms with Crippen LogP contribution in [0.1, 0.15) is 43.4 Å². The number of rotatable bonds is 3. The maximum Gasteiger partial charge on any atom is 0.416 e. The maximum absolute atomic E-state index is 12.6. The van der Waals surface area contributed by atoms with Gasteiger partial charge in [-0.1, -0.05) is 18.6 Å². The Labute approximate surface area is 110 Å². The van der Waals surface area contributed by atoms with Crippen LogP contribution >= 0.6 is 0 Å². The Morgan fingerprint density at radius 2 is 2.05 bits per heavy atom. The molecule has 1 aromatic carbocycles. The average molecular weight is 271 g/mol. The Morgan fingerprint density at radius 3 is 2.58 bits per heavy atom. The summed E-state index contributed by atoms with van der Waals surface area (Å²) in [4.78, 5) is 11.8. The van der Waals surface area contributed by atoms with Crippen LogP contribution in [-0.2, 0) is 11.0 Å². The van der Waals surface area contributed by atoms with Gasteiger partial charge < -0.3 is 5.32 Å². The van der Waals surface area contributed by atoms with E-state index in [2.05, 4.69) is 5.32 Å². The third kappa shape index (κ3) is 3.28. The zero-order valence-electron chi connectivity index (χ0n) is 10.6. The highest BCUT2D eigenvalue weighted by molar-refractivity contribution is 5.79. The van der Waals surface area contributed by atoms with Crippen LogP contribution in [0.25, 0.3) is 0 Å². The summed E-state index contributed by atoms with van der Waals surface area (Å²) < 4.78 is 37.8. The number of carbonyl (C=O) groups is 1. The summed E-state index contributed by atoms with van der Waals surface area (Å²) >= 11 is 0. The summed E-state index contributed by atoms with van der Waals surface area (Å²) in [6.45, 7) is 1.70. The predicted molar refractivity (Wildman–Crippen MR) is 65.3 cm³/mol. The maximum atomic E-state index is 12.6. The minimum atomic E-state index is -4.35. The van der Waals surface area contributed by atoms with Gasteiger partial charge in [-0.2, -0.15) is 13.2 Å². The molecule has 2 rings (SSSR count). The Hall–Kier alpha value is -1.52. The van der Waals surface area contributed by atoms with Crippen molar-refractivity contribution in [2.24, 2.45) is 5.92 Å². The molecule has 1 amide bonds. The molecule has 19 heavy (non-hydrogen) atoms. The Morgan fingerprint density at radius 1 is 1.37 bits per heavy atom. The third-order valence-corrected chi connectivity index (χ3v) is 3.55. The number of alkyl halides is 3. The van der Waals surface area contributed by atoms with Crippen LogP contribution in [0.2, 0.25) is 0 Å². The summed E-state index contributed by atoms with van der Waals surface area (Å²) in [7, 11) is 0. The Balaban J connectivity index is 2.06. The van der Waals surface area contributed by atoms with Crippen molar-refractivity contribution in [1.29, 1.82) is 0 Å². The second kappa shape index (κ2) is 5.23. The number of nitrogens with one attached hydrogen (secondary N) is 1. The van der Waals surface area contributed by atoms with Gasteiger partial charge in [0.25, 0.3) is 0 Å². The van der Waals surface area contributed by atoms with E-state index in [9.17, 15) is 18.0 Å². The number of hydrogen-bond donors (Lipinski definition) is 1. The molecule has 104 valence electrons. The molecule has 2 nitrogen and oxygen atoms in total. The van der Waals surface area contributed by atoms with Crippen molar-refractivity contribution in [2.75, 3.05) is 0 Å². The van der Waals surface area contributed by atoms with Crippen molar-refractivity contribution in [2.45, 2.75) is 38.4 Å². The van der Waals surface area contributed by atoms with E-state index in [1.54, 1.807) is 13.0 Å². The first-order valence-electron chi connectivity index (χ1n) is 6.35. The first kappa shape index (κ1) is 13.9. The molecule has 0 radical (unpaired) electrons. The molecule has 0 spiro atoms. The molecule has 5 heteroatoms. The lowest BCUT2D eigenvalue weighted by Crippen LogP contribution is -2.36. The van der Waals surface area contributed by atoms with Gasteiger partial charge in [-0.15, -0.1) is 0 Å². The van der Waals surface area contributed by atoms with E-state index in [1.165, 1.54) is 6.07 Å². The Kier molecular flexibility index (Phi) is 3.83. The van der Waals surface area contributed by atoms with Crippen molar-refractivity contribution >= 4 is 5.91 Å². The molecule has 0 saturated heterocycles. The number of halogens is 3. The largest absolute Gasteiger partial charge is 0.416 e. The molecule has 1 fully saturated rings. The second-order valence-corrected chi connectivity index (χ2v) is 4.98.